The number of carbonyl (C=O) groups excluding carboxylic acids is 1. The minimum Gasteiger partial charge on any atom is -0.211 e. The van der Waals surface area contributed by atoms with E-state index in [1.165, 1.54) is 32.1 Å². The lowest BCUT2D eigenvalue weighted by Crippen LogP contribution is -2.19. The van der Waals surface area contributed by atoms with E-state index in [1.54, 1.807) is 6.08 Å². The molecule has 0 spiro atoms. The highest BCUT2D eigenvalue weighted by atomic mass is 16.1. The average Bonchev–Trinajstić information content (AvgIpc) is 2.74. The molecule has 0 aromatic rings. The van der Waals surface area contributed by atoms with Crippen LogP contribution in [0, 0.1) is 23.7 Å². The Morgan fingerprint density at radius 2 is 1.93 bits per heavy atom. The third-order valence-electron chi connectivity index (χ3n) is 4.20. The zero-order valence-electron chi connectivity index (χ0n) is 8.91. The number of isocyanates is 1. The highest BCUT2D eigenvalue weighted by Crippen LogP contribution is 2.53. The lowest BCUT2D eigenvalue weighted by Gasteiger charge is -2.26. The van der Waals surface area contributed by atoms with Gasteiger partial charge >= 0.3 is 0 Å². The second-order valence-corrected chi connectivity index (χ2v) is 4.97. The van der Waals surface area contributed by atoms with Crippen LogP contribution in [0.1, 0.15) is 39.0 Å². The SMILES string of the molecule is CCCC1CC2CC1CC2CN=C=O. The fourth-order valence-electron chi connectivity index (χ4n) is 3.62. The van der Waals surface area contributed by atoms with Crippen LogP contribution in [0.2, 0.25) is 0 Å². The van der Waals surface area contributed by atoms with Gasteiger partial charge in [0.05, 0.1) is 6.54 Å². The van der Waals surface area contributed by atoms with Crippen LogP contribution in [0.5, 0.6) is 0 Å². The Morgan fingerprint density at radius 3 is 2.50 bits per heavy atom. The molecule has 2 heteroatoms. The van der Waals surface area contributed by atoms with Crippen molar-refractivity contribution in [2.24, 2.45) is 28.7 Å². The van der Waals surface area contributed by atoms with E-state index in [1.807, 2.05) is 0 Å². The molecule has 0 aromatic heterocycles. The molecule has 2 fully saturated rings. The lowest BCUT2D eigenvalue weighted by molar-refractivity contribution is 0.250. The lowest BCUT2D eigenvalue weighted by atomic mass is 9.80. The van der Waals surface area contributed by atoms with Crippen molar-refractivity contribution in [1.82, 2.24) is 0 Å². The van der Waals surface area contributed by atoms with Crippen molar-refractivity contribution in [3.8, 4) is 0 Å². The molecule has 14 heavy (non-hydrogen) atoms. The summed E-state index contributed by atoms with van der Waals surface area (Å²) in [6.45, 7) is 3.02. The van der Waals surface area contributed by atoms with E-state index in [4.69, 9.17) is 0 Å². The van der Waals surface area contributed by atoms with E-state index in [-0.39, 0.29) is 0 Å². The minimum atomic E-state index is 0.703. The summed E-state index contributed by atoms with van der Waals surface area (Å²) >= 11 is 0. The zero-order chi connectivity index (χ0) is 9.97. The number of fused-ring (bicyclic) bond motifs is 2. The molecule has 0 amide bonds. The van der Waals surface area contributed by atoms with Gasteiger partial charge < -0.3 is 0 Å². The number of nitrogens with zero attached hydrogens (tertiary/aromatic N) is 1. The highest BCUT2D eigenvalue weighted by molar-refractivity contribution is 5.32. The molecule has 0 aliphatic heterocycles. The standard InChI is InChI=1S/C12H19NO/c1-2-3-9-4-11-5-10(9)6-12(11)7-13-8-14/h9-12H,2-7H2,1H3. The van der Waals surface area contributed by atoms with Crippen LogP contribution >= 0.6 is 0 Å². The van der Waals surface area contributed by atoms with E-state index in [0.717, 1.165) is 24.3 Å². The molecule has 2 saturated carbocycles. The predicted octanol–water partition coefficient (Wildman–Crippen LogP) is 2.78. The third kappa shape index (κ3) is 1.76. The Labute approximate surface area is 85.8 Å². The van der Waals surface area contributed by atoms with Gasteiger partial charge in [-0.3, -0.25) is 0 Å². The minimum absolute atomic E-state index is 0.703. The molecule has 0 saturated heterocycles. The Hall–Kier alpha value is -0.620. The Bertz CT molecular complexity index is 245. The molecular formula is C12H19NO. The van der Waals surface area contributed by atoms with Gasteiger partial charge in [-0.05, 0) is 42.9 Å². The quantitative estimate of drug-likeness (QED) is 0.498. The van der Waals surface area contributed by atoms with E-state index in [0.29, 0.717) is 5.92 Å². The fraction of sp³-hybridized carbons (Fsp3) is 0.917. The van der Waals surface area contributed by atoms with Crippen molar-refractivity contribution in [2.75, 3.05) is 6.54 Å². The second kappa shape index (κ2) is 4.27. The van der Waals surface area contributed by atoms with E-state index >= 15 is 0 Å². The van der Waals surface area contributed by atoms with Gasteiger partial charge in [-0.15, -0.1) is 0 Å². The molecule has 78 valence electrons. The van der Waals surface area contributed by atoms with Gasteiger partial charge in [0, 0.05) is 0 Å². The van der Waals surface area contributed by atoms with Gasteiger partial charge in [0.2, 0.25) is 6.08 Å². The van der Waals surface area contributed by atoms with Crippen molar-refractivity contribution >= 4 is 6.08 Å². The summed E-state index contributed by atoms with van der Waals surface area (Å²) in [7, 11) is 0. The van der Waals surface area contributed by atoms with Crippen molar-refractivity contribution in [2.45, 2.75) is 39.0 Å². The summed E-state index contributed by atoms with van der Waals surface area (Å²) in [4.78, 5) is 13.8. The molecule has 4 unspecified atom stereocenters. The summed E-state index contributed by atoms with van der Waals surface area (Å²) in [5.41, 5.74) is 0. The molecule has 2 bridgehead atoms. The topological polar surface area (TPSA) is 29.4 Å². The maximum atomic E-state index is 10.0. The van der Waals surface area contributed by atoms with Crippen molar-refractivity contribution in [1.29, 1.82) is 0 Å². The Kier molecular flexibility index (Phi) is 3.02. The van der Waals surface area contributed by atoms with Crippen molar-refractivity contribution < 1.29 is 4.79 Å². The molecule has 0 heterocycles. The molecular weight excluding hydrogens is 174 g/mol. The van der Waals surface area contributed by atoms with Gasteiger partial charge in [0.15, 0.2) is 0 Å². The fourth-order valence-corrected chi connectivity index (χ4v) is 3.62. The van der Waals surface area contributed by atoms with Crippen LogP contribution in [0.4, 0.5) is 0 Å². The third-order valence-corrected chi connectivity index (χ3v) is 4.20. The van der Waals surface area contributed by atoms with Gasteiger partial charge in [-0.25, -0.2) is 9.79 Å². The summed E-state index contributed by atoms with van der Waals surface area (Å²) in [6.07, 6.45) is 8.52. The predicted molar refractivity (Wildman–Crippen MR) is 55.7 cm³/mol. The molecule has 2 rings (SSSR count). The first kappa shape index (κ1) is 9.92. The monoisotopic (exact) mass is 193 g/mol. The average molecular weight is 193 g/mol. The maximum absolute atomic E-state index is 10.0. The van der Waals surface area contributed by atoms with Gasteiger partial charge in [0.25, 0.3) is 0 Å². The van der Waals surface area contributed by atoms with E-state index < -0.39 is 0 Å². The van der Waals surface area contributed by atoms with Crippen LogP contribution < -0.4 is 0 Å². The Balaban J connectivity index is 1.86. The number of aliphatic imine (C=N–C) groups is 1. The number of rotatable bonds is 4. The molecule has 2 aliphatic rings. The molecule has 0 aromatic carbocycles. The van der Waals surface area contributed by atoms with Crippen LogP contribution in [-0.4, -0.2) is 12.6 Å². The van der Waals surface area contributed by atoms with Crippen LogP contribution in [0.3, 0.4) is 0 Å². The van der Waals surface area contributed by atoms with Crippen molar-refractivity contribution in [3.05, 3.63) is 0 Å². The maximum Gasteiger partial charge on any atom is 0.234 e. The van der Waals surface area contributed by atoms with E-state index in [2.05, 4.69) is 11.9 Å². The first-order valence-electron chi connectivity index (χ1n) is 5.88. The molecule has 4 atom stereocenters. The first-order chi connectivity index (χ1) is 6.85. The molecule has 2 nitrogen and oxygen atoms in total. The Morgan fingerprint density at radius 1 is 1.21 bits per heavy atom. The van der Waals surface area contributed by atoms with Gasteiger partial charge in [-0.2, -0.15) is 0 Å². The number of hydrogen-bond donors (Lipinski definition) is 0. The smallest absolute Gasteiger partial charge is 0.211 e. The van der Waals surface area contributed by atoms with Gasteiger partial charge in [-0.1, -0.05) is 19.8 Å². The zero-order valence-corrected chi connectivity index (χ0v) is 8.91. The normalized spacial score (nSPS) is 39.8. The molecule has 0 N–H and O–H groups in total. The largest absolute Gasteiger partial charge is 0.234 e. The first-order valence-corrected chi connectivity index (χ1v) is 5.88. The molecule has 0 radical (unpaired) electrons. The van der Waals surface area contributed by atoms with Crippen molar-refractivity contribution in [3.63, 3.8) is 0 Å². The van der Waals surface area contributed by atoms with Crippen LogP contribution in [0.25, 0.3) is 0 Å². The highest BCUT2D eigenvalue weighted by Gasteiger charge is 2.44. The van der Waals surface area contributed by atoms with Gasteiger partial charge in [0.1, 0.15) is 0 Å². The second-order valence-electron chi connectivity index (χ2n) is 4.97. The van der Waals surface area contributed by atoms with Crippen LogP contribution in [0.15, 0.2) is 4.99 Å². The molecule has 2 aliphatic carbocycles. The summed E-state index contributed by atoms with van der Waals surface area (Å²) in [5.74, 6) is 3.51. The summed E-state index contributed by atoms with van der Waals surface area (Å²) in [5, 5.41) is 0. The van der Waals surface area contributed by atoms with E-state index in [9.17, 15) is 4.79 Å². The van der Waals surface area contributed by atoms with Crippen LogP contribution in [-0.2, 0) is 4.79 Å². The summed E-state index contributed by atoms with van der Waals surface area (Å²) in [6, 6.07) is 0. The summed E-state index contributed by atoms with van der Waals surface area (Å²) < 4.78 is 0. The number of hydrogen-bond acceptors (Lipinski definition) is 2.